The van der Waals surface area contributed by atoms with Crippen molar-refractivity contribution in [3.8, 4) is 0 Å². The summed E-state index contributed by atoms with van der Waals surface area (Å²) in [6.45, 7) is 2.62. The summed E-state index contributed by atoms with van der Waals surface area (Å²) < 4.78 is 0. The zero-order valence-electron chi connectivity index (χ0n) is 18.4. The Morgan fingerprint density at radius 3 is 2.65 bits per heavy atom. The van der Waals surface area contributed by atoms with Crippen LogP contribution in [-0.2, 0) is 16.1 Å². The van der Waals surface area contributed by atoms with Crippen LogP contribution in [0, 0.1) is 5.92 Å². The lowest BCUT2D eigenvalue weighted by Crippen LogP contribution is -2.52. The number of piperidine rings is 1. The molecule has 1 aliphatic carbocycles. The summed E-state index contributed by atoms with van der Waals surface area (Å²) in [7, 11) is 0. The number of nitrogens with one attached hydrogen (secondary N) is 2. The second kappa shape index (κ2) is 9.39. The molecule has 1 saturated carbocycles. The van der Waals surface area contributed by atoms with Gasteiger partial charge in [0.25, 0.3) is 5.91 Å². The van der Waals surface area contributed by atoms with E-state index in [1.165, 1.54) is 0 Å². The van der Waals surface area contributed by atoms with Gasteiger partial charge in [0.2, 0.25) is 11.8 Å². The number of rotatable bonds is 7. The molecule has 1 aromatic carbocycles. The maximum atomic E-state index is 13.1. The number of nitrogens with two attached hydrogens (primary N) is 1. The Labute approximate surface area is 184 Å². The molecule has 0 bridgehead atoms. The molecule has 0 unspecified atom stereocenters. The normalized spacial score (nSPS) is 27.1. The third-order valence-corrected chi connectivity index (χ3v) is 7.18. The van der Waals surface area contributed by atoms with Crippen molar-refractivity contribution in [2.45, 2.75) is 89.4 Å². The van der Waals surface area contributed by atoms with E-state index in [2.05, 4.69) is 17.6 Å². The zero-order chi connectivity index (χ0) is 22.0. The number of hydrogen-bond acceptors (Lipinski definition) is 5. The van der Waals surface area contributed by atoms with E-state index >= 15 is 0 Å². The Bertz CT molecular complexity index is 847. The van der Waals surface area contributed by atoms with E-state index in [0.29, 0.717) is 36.5 Å². The van der Waals surface area contributed by atoms with Gasteiger partial charge < -0.3 is 16.0 Å². The predicted molar refractivity (Wildman–Crippen MR) is 119 cm³/mol. The molecule has 0 aromatic heterocycles. The van der Waals surface area contributed by atoms with E-state index in [-0.39, 0.29) is 24.1 Å². The van der Waals surface area contributed by atoms with Crippen molar-refractivity contribution in [3.63, 3.8) is 0 Å². The highest BCUT2D eigenvalue weighted by atomic mass is 16.2. The molecule has 4 rings (SSSR count). The molecule has 168 valence electrons. The molecule has 0 spiro atoms. The summed E-state index contributed by atoms with van der Waals surface area (Å²) in [5, 5.41) is 6.16. The number of hydrogen-bond donors (Lipinski definition) is 3. The number of carbonyl (C=O) groups is 3. The van der Waals surface area contributed by atoms with Crippen molar-refractivity contribution in [2.24, 2.45) is 11.7 Å². The number of benzene rings is 1. The lowest BCUT2D eigenvalue weighted by atomic mass is 9.80. The Morgan fingerprint density at radius 2 is 1.94 bits per heavy atom. The van der Waals surface area contributed by atoms with Crippen molar-refractivity contribution in [1.82, 2.24) is 10.2 Å². The Morgan fingerprint density at radius 1 is 1.16 bits per heavy atom. The summed E-state index contributed by atoms with van der Waals surface area (Å²) in [6.07, 6.45) is 8.49. The number of fused-ring (bicyclic) bond motifs is 1. The van der Waals surface area contributed by atoms with E-state index in [4.69, 9.17) is 5.73 Å². The minimum atomic E-state index is -0.582. The molecule has 2 heterocycles. The van der Waals surface area contributed by atoms with Gasteiger partial charge in [-0.3, -0.25) is 19.7 Å². The van der Waals surface area contributed by atoms with Crippen LogP contribution < -0.4 is 16.4 Å². The molecule has 7 nitrogen and oxygen atoms in total. The fraction of sp³-hybridized carbons (Fsp3) is 0.625. The maximum Gasteiger partial charge on any atom is 0.255 e. The van der Waals surface area contributed by atoms with Gasteiger partial charge in [-0.15, -0.1) is 0 Å². The van der Waals surface area contributed by atoms with Gasteiger partial charge in [-0.05, 0) is 56.6 Å². The molecule has 31 heavy (non-hydrogen) atoms. The number of anilines is 1. The first-order valence-electron chi connectivity index (χ1n) is 11.8. The second-order valence-electron chi connectivity index (χ2n) is 9.30. The standard InChI is InChI=1S/C24H34N4O3/c1-2-3-6-19(15-8-10-16(25)11-9-15)26-20-7-4-5-17-18(20)14-28(24(17)31)21-12-13-22(29)27-23(21)30/h4-5,7,15-16,19,21,26H,2-3,6,8-14,25H2,1H3,(H,27,29,30)/t15?,16?,19-,21-/m0/s1. The van der Waals surface area contributed by atoms with Crippen molar-refractivity contribution in [1.29, 1.82) is 0 Å². The largest absolute Gasteiger partial charge is 0.382 e. The molecule has 3 aliphatic rings. The molecular formula is C24H34N4O3. The van der Waals surface area contributed by atoms with Crippen LogP contribution in [0.25, 0.3) is 0 Å². The average molecular weight is 427 g/mol. The van der Waals surface area contributed by atoms with Crippen molar-refractivity contribution >= 4 is 23.4 Å². The molecule has 1 saturated heterocycles. The molecule has 2 fully saturated rings. The molecule has 2 atom stereocenters. The van der Waals surface area contributed by atoms with Gasteiger partial charge in [0.15, 0.2) is 0 Å². The monoisotopic (exact) mass is 426 g/mol. The van der Waals surface area contributed by atoms with Crippen LogP contribution in [0.2, 0.25) is 0 Å². The summed E-state index contributed by atoms with van der Waals surface area (Å²) in [6, 6.07) is 5.91. The van der Waals surface area contributed by atoms with Crippen LogP contribution in [0.15, 0.2) is 18.2 Å². The number of unbranched alkanes of at least 4 members (excludes halogenated alkanes) is 1. The number of nitrogens with zero attached hydrogens (tertiary/aromatic N) is 1. The molecular weight excluding hydrogens is 392 g/mol. The number of imide groups is 1. The van der Waals surface area contributed by atoms with Crippen LogP contribution in [0.5, 0.6) is 0 Å². The van der Waals surface area contributed by atoms with Gasteiger partial charge in [0.1, 0.15) is 6.04 Å². The molecule has 7 heteroatoms. The van der Waals surface area contributed by atoms with E-state index in [0.717, 1.165) is 56.2 Å². The van der Waals surface area contributed by atoms with Gasteiger partial charge >= 0.3 is 0 Å². The van der Waals surface area contributed by atoms with E-state index < -0.39 is 6.04 Å². The Balaban J connectivity index is 1.53. The van der Waals surface area contributed by atoms with E-state index in [1.54, 1.807) is 4.90 Å². The highest BCUT2D eigenvalue weighted by Gasteiger charge is 2.40. The van der Waals surface area contributed by atoms with Crippen LogP contribution in [0.1, 0.15) is 80.6 Å². The molecule has 2 aliphatic heterocycles. The molecule has 3 amide bonds. The number of amides is 3. The first kappa shape index (κ1) is 21.8. The lowest BCUT2D eigenvalue weighted by molar-refractivity contribution is -0.136. The van der Waals surface area contributed by atoms with Crippen LogP contribution in [-0.4, -0.2) is 40.7 Å². The Hall–Kier alpha value is -2.41. The quantitative estimate of drug-likeness (QED) is 0.582. The van der Waals surface area contributed by atoms with Gasteiger partial charge in [-0.25, -0.2) is 0 Å². The van der Waals surface area contributed by atoms with Gasteiger partial charge in [-0.1, -0.05) is 25.8 Å². The third kappa shape index (κ3) is 4.61. The van der Waals surface area contributed by atoms with Crippen molar-refractivity contribution in [2.75, 3.05) is 5.32 Å². The SMILES string of the molecule is CCCC[C@H](Nc1cccc2c1CN([C@H]1CCC(=O)NC1=O)C2=O)C1CCC(N)CC1. The van der Waals surface area contributed by atoms with E-state index in [1.807, 2.05) is 18.2 Å². The van der Waals surface area contributed by atoms with Crippen LogP contribution in [0.3, 0.4) is 0 Å². The fourth-order valence-corrected chi connectivity index (χ4v) is 5.32. The first-order chi connectivity index (χ1) is 15.0. The summed E-state index contributed by atoms with van der Waals surface area (Å²) in [5.41, 5.74) is 8.75. The summed E-state index contributed by atoms with van der Waals surface area (Å²) in [4.78, 5) is 38.6. The molecule has 4 N–H and O–H groups in total. The lowest BCUT2D eigenvalue weighted by Gasteiger charge is -2.34. The second-order valence-corrected chi connectivity index (χ2v) is 9.30. The fourth-order valence-electron chi connectivity index (χ4n) is 5.32. The molecule has 0 radical (unpaired) electrons. The topological polar surface area (TPSA) is 105 Å². The van der Waals surface area contributed by atoms with Crippen LogP contribution in [0.4, 0.5) is 5.69 Å². The minimum absolute atomic E-state index is 0.123. The zero-order valence-corrected chi connectivity index (χ0v) is 18.4. The van der Waals surface area contributed by atoms with Gasteiger partial charge in [-0.2, -0.15) is 0 Å². The summed E-state index contributed by atoms with van der Waals surface area (Å²) >= 11 is 0. The number of carbonyl (C=O) groups excluding carboxylic acids is 3. The molecule has 1 aromatic rings. The highest BCUT2D eigenvalue weighted by molar-refractivity contribution is 6.06. The van der Waals surface area contributed by atoms with Crippen molar-refractivity contribution < 1.29 is 14.4 Å². The minimum Gasteiger partial charge on any atom is -0.382 e. The van der Waals surface area contributed by atoms with Crippen LogP contribution >= 0.6 is 0 Å². The Kier molecular flexibility index (Phi) is 6.60. The average Bonchev–Trinajstić information content (AvgIpc) is 3.09. The summed E-state index contributed by atoms with van der Waals surface area (Å²) in [5.74, 6) is -0.169. The highest BCUT2D eigenvalue weighted by Crippen LogP contribution is 2.35. The van der Waals surface area contributed by atoms with Crippen molar-refractivity contribution in [3.05, 3.63) is 29.3 Å². The van der Waals surface area contributed by atoms with Gasteiger partial charge in [0, 0.05) is 41.9 Å². The third-order valence-electron chi connectivity index (χ3n) is 7.18. The predicted octanol–water partition coefficient (Wildman–Crippen LogP) is 2.94. The first-order valence-corrected chi connectivity index (χ1v) is 11.8. The smallest absolute Gasteiger partial charge is 0.255 e. The van der Waals surface area contributed by atoms with E-state index in [9.17, 15) is 14.4 Å². The maximum absolute atomic E-state index is 13.1. The van der Waals surface area contributed by atoms with Gasteiger partial charge in [0.05, 0.1) is 0 Å².